The maximum Gasteiger partial charge on any atom is 0.115 e. The number of benzene rings is 1. The smallest absolute Gasteiger partial charge is 0.115 e. The molecule has 2 fully saturated rings. The van der Waals surface area contributed by atoms with Crippen LogP contribution in [0.3, 0.4) is 0 Å². The van der Waals surface area contributed by atoms with Crippen LogP contribution in [0.1, 0.15) is 5.56 Å². The summed E-state index contributed by atoms with van der Waals surface area (Å²) in [7, 11) is 0. The molecule has 16 heavy (non-hydrogen) atoms. The van der Waals surface area contributed by atoms with Crippen molar-refractivity contribution in [2.75, 3.05) is 26.2 Å². The summed E-state index contributed by atoms with van der Waals surface area (Å²) in [5.74, 6) is 2.06. The van der Waals surface area contributed by atoms with Gasteiger partial charge in [0.05, 0.1) is 0 Å². The number of likely N-dealkylation sites (tertiary alicyclic amines) is 1. The van der Waals surface area contributed by atoms with E-state index in [0.717, 1.165) is 18.4 Å². The lowest BCUT2D eigenvalue weighted by Crippen LogP contribution is -2.25. The Morgan fingerprint density at radius 3 is 2.69 bits per heavy atom. The molecule has 0 aromatic heterocycles. The highest BCUT2D eigenvalue weighted by Gasteiger charge is 2.35. The highest BCUT2D eigenvalue weighted by Crippen LogP contribution is 2.27. The zero-order valence-electron chi connectivity index (χ0n) is 9.39. The fourth-order valence-corrected chi connectivity index (χ4v) is 2.99. The molecular weight excluding hydrogens is 200 g/mol. The minimum absolute atomic E-state index is 0.374. The second kappa shape index (κ2) is 4.07. The molecule has 1 aromatic carbocycles. The van der Waals surface area contributed by atoms with E-state index in [9.17, 15) is 5.11 Å². The molecule has 2 atom stereocenters. The molecule has 2 aliphatic heterocycles. The Balaban J connectivity index is 1.64. The van der Waals surface area contributed by atoms with Crippen molar-refractivity contribution in [1.29, 1.82) is 0 Å². The molecule has 2 N–H and O–H groups in total. The van der Waals surface area contributed by atoms with Crippen molar-refractivity contribution in [2.45, 2.75) is 6.54 Å². The molecule has 2 aliphatic rings. The number of hydrogen-bond donors (Lipinski definition) is 2. The highest BCUT2D eigenvalue weighted by molar-refractivity contribution is 5.27. The van der Waals surface area contributed by atoms with Gasteiger partial charge in [-0.05, 0) is 42.6 Å². The van der Waals surface area contributed by atoms with Crippen LogP contribution in [0.2, 0.25) is 0 Å². The first kappa shape index (κ1) is 10.1. The van der Waals surface area contributed by atoms with Gasteiger partial charge in [0.15, 0.2) is 0 Å². The first-order valence-electron chi connectivity index (χ1n) is 6.02. The van der Waals surface area contributed by atoms with Crippen LogP contribution >= 0.6 is 0 Å². The van der Waals surface area contributed by atoms with Crippen LogP contribution in [0, 0.1) is 11.8 Å². The first-order chi connectivity index (χ1) is 7.81. The summed E-state index contributed by atoms with van der Waals surface area (Å²) in [6, 6.07) is 7.60. The molecule has 2 heterocycles. The SMILES string of the molecule is Oc1cccc(CN2CC3CNCC3C2)c1. The van der Waals surface area contributed by atoms with Gasteiger partial charge in [0.25, 0.3) is 0 Å². The fraction of sp³-hybridized carbons (Fsp3) is 0.538. The van der Waals surface area contributed by atoms with Gasteiger partial charge in [0.1, 0.15) is 5.75 Å². The van der Waals surface area contributed by atoms with Crippen molar-refractivity contribution in [2.24, 2.45) is 11.8 Å². The summed E-state index contributed by atoms with van der Waals surface area (Å²) in [6.07, 6.45) is 0. The predicted octanol–water partition coefficient (Wildman–Crippen LogP) is 1.04. The normalized spacial score (nSPS) is 29.5. The Morgan fingerprint density at radius 2 is 2.00 bits per heavy atom. The van der Waals surface area contributed by atoms with E-state index in [1.807, 2.05) is 12.1 Å². The van der Waals surface area contributed by atoms with Crippen LogP contribution in [0.4, 0.5) is 0 Å². The molecule has 0 bridgehead atoms. The molecule has 3 nitrogen and oxygen atoms in total. The third-order valence-corrected chi connectivity index (χ3v) is 3.78. The van der Waals surface area contributed by atoms with Crippen molar-refractivity contribution in [3.63, 3.8) is 0 Å². The van der Waals surface area contributed by atoms with Crippen LogP contribution in [0.5, 0.6) is 5.75 Å². The van der Waals surface area contributed by atoms with Gasteiger partial charge >= 0.3 is 0 Å². The van der Waals surface area contributed by atoms with E-state index in [4.69, 9.17) is 0 Å². The van der Waals surface area contributed by atoms with E-state index in [-0.39, 0.29) is 0 Å². The zero-order chi connectivity index (χ0) is 11.0. The van der Waals surface area contributed by atoms with E-state index < -0.39 is 0 Å². The van der Waals surface area contributed by atoms with E-state index >= 15 is 0 Å². The van der Waals surface area contributed by atoms with Crippen LogP contribution in [0.25, 0.3) is 0 Å². The number of phenolic OH excluding ortho intramolecular Hbond substituents is 1. The van der Waals surface area contributed by atoms with Crippen molar-refractivity contribution in [3.05, 3.63) is 29.8 Å². The quantitative estimate of drug-likeness (QED) is 0.778. The first-order valence-corrected chi connectivity index (χ1v) is 6.02. The molecule has 0 aliphatic carbocycles. The Morgan fingerprint density at radius 1 is 1.25 bits per heavy atom. The van der Waals surface area contributed by atoms with Crippen molar-refractivity contribution >= 4 is 0 Å². The van der Waals surface area contributed by atoms with Crippen molar-refractivity contribution < 1.29 is 5.11 Å². The molecule has 86 valence electrons. The number of nitrogens with zero attached hydrogens (tertiary/aromatic N) is 1. The third kappa shape index (κ3) is 1.93. The van der Waals surface area contributed by atoms with Crippen LogP contribution in [-0.2, 0) is 6.54 Å². The molecule has 0 radical (unpaired) electrons. The summed E-state index contributed by atoms with van der Waals surface area (Å²) in [5.41, 5.74) is 1.22. The fourth-order valence-electron chi connectivity index (χ4n) is 2.99. The third-order valence-electron chi connectivity index (χ3n) is 3.78. The van der Waals surface area contributed by atoms with Gasteiger partial charge in [0.2, 0.25) is 0 Å². The molecule has 2 saturated heterocycles. The van der Waals surface area contributed by atoms with E-state index in [0.29, 0.717) is 5.75 Å². The second-order valence-electron chi connectivity index (χ2n) is 5.04. The van der Waals surface area contributed by atoms with Gasteiger partial charge in [-0.3, -0.25) is 4.90 Å². The predicted molar refractivity (Wildman–Crippen MR) is 63.2 cm³/mol. The number of fused-ring (bicyclic) bond motifs is 1. The molecule has 3 heteroatoms. The summed E-state index contributed by atoms with van der Waals surface area (Å²) in [5, 5.41) is 12.9. The lowest BCUT2D eigenvalue weighted by Gasteiger charge is -2.16. The van der Waals surface area contributed by atoms with Gasteiger partial charge in [-0.25, -0.2) is 0 Å². The Hall–Kier alpha value is -1.06. The van der Waals surface area contributed by atoms with Crippen LogP contribution < -0.4 is 5.32 Å². The lowest BCUT2D eigenvalue weighted by molar-refractivity contribution is 0.305. The zero-order valence-corrected chi connectivity index (χ0v) is 9.39. The largest absolute Gasteiger partial charge is 0.508 e. The number of rotatable bonds is 2. The topological polar surface area (TPSA) is 35.5 Å². The number of phenols is 1. The van der Waals surface area contributed by atoms with Gasteiger partial charge in [-0.1, -0.05) is 12.1 Å². The summed E-state index contributed by atoms with van der Waals surface area (Å²) >= 11 is 0. The van der Waals surface area contributed by atoms with Gasteiger partial charge in [-0.2, -0.15) is 0 Å². The summed E-state index contributed by atoms with van der Waals surface area (Å²) in [4.78, 5) is 2.50. The van der Waals surface area contributed by atoms with Crippen LogP contribution in [0.15, 0.2) is 24.3 Å². The Labute approximate surface area is 96.1 Å². The van der Waals surface area contributed by atoms with Crippen molar-refractivity contribution in [1.82, 2.24) is 10.2 Å². The van der Waals surface area contributed by atoms with Gasteiger partial charge in [-0.15, -0.1) is 0 Å². The monoisotopic (exact) mass is 218 g/mol. The summed E-state index contributed by atoms with van der Waals surface area (Å²) in [6.45, 7) is 5.74. The molecule has 0 spiro atoms. The van der Waals surface area contributed by atoms with Crippen LogP contribution in [-0.4, -0.2) is 36.2 Å². The number of hydrogen-bond acceptors (Lipinski definition) is 3. The highest BCUT2D eigenvalue weighted by atomic mass is 16.3. The average Bonchev–Trinajstić information content (AvgIpc) is 2.77. The molecule has 0 amide bonds. The van der Waals surface area contributed by atoms with Crippen molar-refractivity contribution in [3.8, 4) is 5.75 Å². The molecule has 3 rings (SSSR count). The molecular formula is C13H18N2O. The van der Waals surface area contributed by atoms with Gasteiger partial charge < -0.3 is 10.4 Å². The van der Waals surface area contributed by atoms with E-state index in [1.165, 1.54) is 31.7 Å². The second-order valence-corrected chi connectivity index (χ2v) is 5.04. The number of nitrogens with one attached hydrogen (secondary N) is 1. The lowest BCUT2D eigenvalue weighted by atomic mass is 10.0. The molecule has 0 saturated carbocycles. The average molecular weight is 218 g/mol. The maximum atomic E-state index is 9.42. The minimum atomic E-state index is 0.374. The van der Waals surface area contributed by atoms with Gasteiger partial charge in [0, 0.05) is 19.6 Å². The van der Waals surface area contributed by atoms with E-state index in [1.54, 1.807) is 6.07 Å². The number of aromatic hydroxyl groups is 1. The van der Waals surface area contributed by atoms with E-state index in [2.05, 4.69) is 16.3 Å². The molecule has 2 unspecified atom stereocenters. The maximum absolute atomic E-state index is 9.42. The Kier molecular flexibility index (Phi) is 2.58. The Bertz CT molecular complexity index is 368. The summed E-state index contributed by atoms with van der Waals surface area (Å²) < 4.78 is 0. The molecule has 1 aromatic rings. The standard InChI is InChI=1S/C13H18N2O/c16-13-3-1-2-10(4-13)7-15-8-11-5-14-6-12(11)9-15/h1-4,11-12,14,16H,5-9H2. The minimum Gasteiger partial charge on any atom is -0.508 e.